The fourth-order valence-corrected chi connectivity index (χ4v) is 2.23. The van der Waals surface area contributed by atoms with Gasteiger partial charge in [0, 0.05) is 22.7 Å². The standard InChI is InChI=1S/C17H13N3O2/c1-2-9-20-12-13(14-6-3-4-7-15(14)20)11-18-19-17(21)16-8-5-10-22-16/h1,3-8,10-12H,9H2,(H,19,21)/b18-11-. The molecular weight excluding hydrogens is 278 g/mol. The van der Waals surface area contributed by atoms with Gasteiger partial charge < -0.3 is 8.98 Å². The molecule has 108 valence electrons. The Balaban J connectivity index is 1.83. The SMILES string of the molecule is C#CCn1cc(/C=N\NC(=O)c2ccco2)c2ccccc21. The number of furan rings is 1. The number of amides is 1. The largest absolute Gasteiger partial charge is 0.459 e. The smallest absolute Gasteiger partial charge is 0.307 e. The van der Waals surface area contributed by atoms with E-state index < -0.39 is 5.91 Å². The molecule has 5 heteroatoms. The maximum atomic E-state index is 11.7. The number of rotatable bonds is 4. The number of benzene rings is 1. The highest BCUT2D eigenvalue weighted by molar-refractivity contribution is 6.00. The number of hydrogen-bond donors (Lipinski definition) is 1. The molecule has 0 atom stereocenters. The molecule has 2 heterocycles. The molecule has 0 aliphatic rings. The Hall–Kier alpha value is -3.26. The zero-order valence-electron chi connectivity index (χ0n) is 11.7. The normalized spacial score (nSPS) is 10.9. The van der Waals surface area contributed by atoms with E-state index in [1.54, 1.807) is 18.3 Å². The summed E-state index contributed by atoms with van der Waals surface area (Å²) in [6.45, 7) is 0.479. The lowest BCUT2D eigenvalue weighted by Crippen LogP contribution is -2.16. The third-order valence-electron chi connectivity index (χ3n) is 3.20. The molecule has 1 N–H and O–H groups in total. The van der Waals surface area contributed by atoms with Crippen LogP contribution in [0.2, 0.25) is 0 Å². The summed E-state index contributed by atoms with van der Waals surface area (Å²) in [4.78, 5) is 11.7. The van der Waals surface area contributed by atoms with Crippen molar-refractivity contribution in [1.82, 2.24) is 9.99 Å². The van der Waals surface area contributed by atoms with Crippen molar-refractivity contribution in [2.45, 2.75) is 6.54 Å². The van der Waals surface area contributed by atoms with Gasteiger partial charge >= 0.3 is 5.91 Å². The van der Waals surface area contributed by atoms with Gasteiger partial charge in [-0.3, -0.25) is 4.79 Å². The minimum Gasteiger partial charge on any atom is -0.459 e. The number of hydrazone groups is 1. The molecule has 0 bridgehead atoms. The van der Waals surface area contributed by atoms with E-state index in [0.717, 1.165) is 16.5 Å². The first kappa shape index (κ1) is 13.7. The van der Waals surface area contributed by atoms with E-state index in [1.165, 1.54) is 6.26 Å². The van der Waals surface area contributed by atoms with Crippen molar-refractivity contribution in [2.75, 3.05) is 0 Å². The van der Waals surface area contributed by atoms with E-state index >= 15 is 0 Å². The number of fused-ring (bicyclic) bond motifs is 1. The highest BCUT2D eigenvalue weighted by Crippen LogP contribution is 2.19. The topological polar surface area (TPSA) is 59.5 Å². The van der Waals surface area contributed by atoms with Crippen LogP contribution in [0.25, 0.3) is 10.9 Å². The van der Waals surface area contributed by atoms with Gasteiger partial charge in [-0.15, -0.1) is 6.42 Å². The van der Waals surface area contributed by atoms with Gasteiger partial charge in [0.1, 0.15) is 0 Å². The fraction of sp³-hybridized carbons (Fsp3) is 0.0588. The van der Waals surface area contributed by atoms with Gasteiger partial charge in [0.15, 0.2) is 5.76 Å². The predicted octanol–water partition coefficient (Wildman–Crippen LogP) is 2.63. The number of nitrogens with one attached hydrogen (secondary N) is 1. The summed E-state index contributed by atoms with van der Waals surface area (Å²) in [5.74, 6) is 2.44. The van der Waals surface area contributed by atoms with Crippen molar-refractivity contribution in [2.24, 2.45) is 5.10 Å². The second-order valence-electron chi connectivity index (χ2n) is 4.61. The Morgan fingerprint density at radius 2 is 2.23 bits per heavy atom. The summed E-state index contributed by atoms with van der Waals surface area (Å²) in [5.41, 5.74) is 4.33. The van der Waals surface area contributed by atoms with Gasteiger partial charge in [0.25, 0.3) is 0 Å². The van der Waals surface area contributed by atoms with E-state index in [2.05, 4.69) is 16.4 Å². The minimum absolute atomic E-state index is 0.215. The minimum atomic E-state index is -0.395. The maximum Gasteiger partial charge on any atom is 0.307 e. The van der Waals surface area contributed by atoms with E-state index in [1.807, 2.05) is 35.0 Å². The lowest BCUT2D eigenvalue weighted by atomic mass is 10.2. The van der Waals surface area contributed by atoms with Crippen LogP contribution < -0.4 is 5.43 Å². The highest BCUT2D eigenvalue weighted by atomic mass is 16.3. The monoisotopic (exact) mass is 291 g/mol. The molecule has 0 aliphatic heterocycles. The van der Waals surface area contributed by atoms with Crippen LogP contribution in [0.4, 0.5) is 0 Å². The molecular formula is C17H13N3O2. The molecule has 5 nitrogen and oxygen atoms in total. The first-order chi connectivity index (χ1) is 10.8. The summed E-state index contributed by atoms with van der Waals surface area (Å²) < 4.78 is 6.96. The van der Waals surface area contributed by atoms with Crippen molar-refractivity contribution in [3.05, 3.63) is 60.2 Å². The molecule has 1 aromatic carbocycles. The van der Waals surface area contributed by atoms with Gasteiger partial charge in [-0.05, 0) is 18.2 Å². The Labute approximate surface area is 127 Å². The first-order valence-electron chi connectivity index (χ1n) is 6.68. The predicted molar refractivity (Wildman–Crippen MR) is 84.5 cm³/mol. The number of carbonyl (C=O) groups excluding carboxylic acids is 1. The first-order valence-corrected chi connectivity index (χ1v) is 6.68. The van der Waals surface area contributed by atoms with Crippen molar-refractivity contribution >= 4 is 23.0 Å². The molecule has 0 saturated carbocycles. The number of para-hydroxylation sites is 1. The Bertz CT molecular complexity index is 867. The van der Waals surface area contributed by atoms with Crippen LogP contribution in [0.15, 0.2) is 58.4 Å². The molecule has 0 radical (unpaired) electrons. The molecule has 22 heavy (non-hydrogen) atoms. The lowest BCUT2D eigenvalue weighted by Gasteiger charge is -1.97. The molecule has 0 saturated heterocycles. The van der Waals surface area contributed by atoms with Crippen molar-refractivity contribution in [1.29, 1.82) is 0 Å². The van der Waals surface area contributed by atoms with Gasteiger partial charge in [0.05, 0.1) is 19.0 Å². The fourth-order valence-electron chi connectivity index (χ4n) is 2.23. The lowest BCUT2D eigenvalue weighted by molar-refractivity contribution is 0.0927. The van der Waals surface area contributed by atoms with Crippen LogP contribution >= 0.6 is 0 Å². The molecule has 0 aliphatic carbocycles. The van der Waals surface area contributed by atoms with E-state index in [9.17, 15) is 4.79 Å². The van der Waals surface area contributed by atoms with Crippen molar-refractivity contribution in [3.8, 4) is 12.3 Å². The quantitative estimate of drug-likeness (QED) is 0.456. The molecule has 3 rings (SSSR count). The molecule has 0 spiro atoms. The molecule has 3 aromatic rings. The number of hydrogen-bond acceptors (Lipinski definition) is 3. The summed E-state index contributed by atoms with van der Waals surface area (Å²) >= 11 is 0. The second kappa shape index (κ2) is 6.02. The molecule has 2 aromatic heterocycles. The van der Waals surface area contributed by atoms with E-state index in [-0.39, 0.29) is 5.76 Å². The van der Waals surface area contributed by atoms with Gasteiger partial charge in [0.2, 0.25) is 0 Å². The Kier molecular flexibility index (Phi) is 3.75. The van der Waals surface area contributed by atoms with Crippen LogP contribution in [0, 0.1) is 12.3 Å². The summed E-state index contributed by atoms with van der Waals surface area (Å²) in [6, 6.07) is 11.1. The number of aromatic nitrogens is 1. The Morgan fingerprint density at radius 1 is 1.36 bits per heavy atom. The maximum absolute atomic E-state index is 11.7. The third-order valence-corrected chi connectivity index (χ3v) is 3.20. The average Bonchev–Trinajstić information content (AvgIpc) is 3.17. The van der Waals surface area contributed by atoms with Crippen LogP contribution in [0.1, 0.15) is 16.1 Å². The zero-order chi connectivity index (χ0) is 15.4. The van der Waals surface area contributed by atoms with Crippen molar-refractivity contribution in [3.63, 3.8) is 0 Å². The van der Waals surface area contributed by atoms with E-state index in [0.29, 0.717) is 6.54 Å². The Morgan fingerprint density at radius 3 is 3.00 bits per heavy atom. The third kappa shape index (κ3) is 2.63. The van der Waals surface area contributed by atoms with Gasteiger partial charge in [-0.1, -0.05) is 24.1 Å². The van der Waals surface area contributed by atoms with Gasteiger partial charge in [-0.2, -0.15) is 5.10 Å². The average molecular weight is 291 g/mol. The summed E-state index contributed by atoms with van der Waals surface area (Å²) in [6.07, 6.45) is 10.3. The molecule has 0 unspecified atom stereocenters. The molecule has 1 amide bonds. The number of carbonyl (C=O) groups is 1. The zero-order valence-corrected chi connectivity index (χ0v) is 11.7. The van der Waals surface area contributed by atoms with Gasteiger partial charge in [-0.25, -0.2) is 5.43 Å². The van der Waals surface area contributed by atoms with Crippen LogP contribution in [0.5, 0.6) is 0 Å². The summed E-state index contributed by atoms with van der Waals surface area (Å²) in [7, 11) is 0. The number of nitrogens with zero attached hydrogens (tertiary/aromatic N) is 2. The van der Waals surface area contributed by atoms with E-state index in [4.69, 9.17) is 10.8 Å². The summed E-state index contributed by atoms with van der Waals surface area (Å²) in [5, 5.41) is 4.99. The number of terminal acetylenes is 1. The second-order valence-corrected chi connectivity index (χ2v) is 4.61. The van der Waals surface area contributed by atoms with Crippen LogP contribution in [-0.4, -0.2) is 16.7 Å². The van der Waals surface area contributed by atoms with Crippen LogP contribution in [0.3, 0.4) is 0 Å². The molecule has 0 fully saturated rings. The van der Waals surface area contributed by atoms with Crippen molar-refractivity contribution < 1.29 is 9.21 Å². The van der Waals surface area contributed by atoms with Crippen LogP contribution in [-0.2, 0) is 6.54 Å². The highest BCUT2D eigenvalue weighted by Gasteiger charge is 2.07.